The molecule has 1 aliphatic heterocycles. The third-order valence-corrected chi connectivity index (χ3v) is 6.10. The number of aromatic nitrogens is 1. The number of halogens is 2. The van der Waals surface area contributed by atoms with Crippen LogP contribution in [-0.2, 0) is 19.5 Å². The number of hydrogen-bond acceptors (Lipinski definition) is 4. The number of fused-ring (bicyclic) bond motifs is 1. The van der Waals surface area contributed by atoms with Crippen molar-refractivity contribution in [2.45, 2.75) is 19.5 Å². The fourth-order valence-corrected chi connectivity index (χ4v) is 4.30. The fraction of sp³-hybridized carbons (Fsp3) is 0.240. The van der Waals surface area contributed by atoms with Gasteiger partial charge in [-0.25, -0.2) is 4.39 Å². The summed E-state index contributed by atoms with van der Waals surface area (Å²) < 4.78 is 20.3. The zero-order valence-corrected chi connectivity index (χ0v) is 19.3. The van der Waals surface area contributed by atoms with E-state index in [1.807, 2.05) is 0 Å². The largest absolute Gasteiger partial charge is 0.496 e. The topological polar surface area (TPSA) is 80.6 Å². The van der Waals surface area contributed by atoms with E-state index < -0.39 is 11.7 Å². The predicted octanol–water partition coefficient (Wildman–Crippen LogP) is 3.28. The van der Waals surface area contributed by atoms with Crippen LogP contribution in [0.25, 0.3) is 0 Å². The van der Waals surface area contributed by atoms with Gasteiger partial charge in [-0.1, -0.05) is 35.9 Å². The maximum Gasteiger partial charge on any atom is 0.257 e. The van der Waals surface area contributed by atoms with E-state index in [0.717, 1.165) is 0 Å². The molecule has 2 heterocycles. The number of nitrogens with zero attached hydrogens (tertiary/aromatic N) is 2. The van der Waals surface area contributed by atoms with Crippen molar-refractivity contribution < 1.29 is 18.7 Å². The highest BCUT2D eigenvalue weighted by atomic mass is 35.5. The highest BCUT2D eigenvalue weighted by molar-refractivity contribution is 6.33. The molecule has 0 saturated heterocycles. The Balaban J connectivity index is 1.61. The van der Waals surface area contributed by atoms with Gasteiger partial charge in [0, 0.05) is 44.4 Å². The number of carbonyl (C=O) groups excluding carboxylic acids is 2. The molecule has 2 aromatic carbocycles. The van der Waals surface area contributed by atoms with E-state index >= 15 is 0 Å². The summed E-state index contributed by atoms with van der Waals surface area (Å²) in [6.45, 7) is 0.905. The van der Waals surface area contributed by atoms with Crippen molar-refractivity contribution in [3.63, 3.8) is 0 Å². The molecule has 4 rings (SSSR count). The molecule has 0 radical (unpaired) electrons. The predicted molar refractivity (Wildman–Crippen MR) is 126 cm³/mol. The lowest BCUT2D eigenvalue weighted by Gasteiger charge is -2.20. The van der Waals surface area contributed by atoms with Gasteiger partial charge in [-0.05, 0) is 29.8 Å². The molecule has 0 aliphatic carbocycles. The van der Waals surface area contributed by atoms with Crippen molar-refractivity contribution in [1.29, 1.82) is 0 Å². The Hall–Kier alpha value is -3.65. The molecule has 0 saturated carbocycles. The molecule has 0 unspecified atom stereocenters. The Bertz CT molecular complexity index is 1310. The molecule has 34 heavy (non-hydrogen) atoms. The Morgan fingerprint density at radius 1 is 1.09 bits per heavy atom. The first-order valence-electron chi connectivity index (χ1n) is 10.8. The van der Waals surface area contributed by atoms with Crippen LogP contribution in [0.15, 0.2) is 59.4 Å². The van der Waals surface area contributed by atoms with Gasteiger partial charge in [0.05, 0.1) is 17.7 Å². The molecule has 0 spiro atoms. The van der Waals surface area contributed by atoms with E-state index in [2.05, 4.69) is 5.32 Å². The maximum absolute atomic E-state index is 13.5. The van der Waals surface area contributed by atoms with E-state index in [1.165, 1.54) is 29.9 Å². The Morgan fingerprint density at radius 3 is 2.62 bits per heavy atom. The zero-order chi connectivity index (χ0) is 24.2. The standard InChI is InChI=1S/C25H23ClFN3O4/c1-34-21-14-22(31)30-12-11-29(25(33)18-7-2-3-8-19(18)26)10-9-20(30)23(21)24(32)28-15-16-5-4-6-17(27)13-16/h2-8,13-14H,9-12,15H2,1H3,(H,28,32). The summed E-state index contributed by atoms with van der Waals surface area (Å²) >= 11 is 6.20. The number of carbonyl (C=O) groups is 2. The highest BCUT2D eigenvalue weighted by Crippen LogP contribution is 2.24. The minimum atomic E-state index is -0.448. The number of amides is 2. The van der Waals surface area contributed by atoms with Crippen LogP contribution in [0.4, 0.5) is 4.39 Å². The van der Waals surface area contributed by atoms with Crippen molar-refractivity contribution in [2.75, 3.05) is 20.2 Å². The molecule has 1 aromatic heterocycles. The smallest absolute Gasteiger partial charge is 0.257 e. The summed E-state index contributed by atoms with van der Waals surface area (Å²) in [6.07, 6.45) is 0.269. The van der Waals surface area contributed by atoms with Crippen LogP contribution in [0, 0.1) is 5.82 Å². The Kier molecular flexibility index (Phi) is 6.98. The average molecular weight is 484 g/mol. The molecule has 176 valence electrons. The molecule has 0 atom stereocenters. The normalized spacial score (nSPS) is 13.1. The number of hydrogen-bond donors (Lipinski definition) is 1. The monoisotopic (exact) mass is 483 g/mol. The van der Waals surface area contributed by atoms with Crippen LogP contribution >= 0.6 is 11.6 Å². The van der Waals surface area contributed by atoms with Crippen molar-refractivity contribution in [3.8, 4) is 5.75 Å². The lowest BCUT2D eigenvalue weighted by molar-refractivity contribution is 0.0759. The zero-order valence-electron chi connectivity index (χ0n) is 18.5. The van der Waals surface area contributed by atoms with Gasteiger partial charge < -0.3 is 19.5 Å². The molecular formula is C25H23ClFN3O4. The number of benzene rings is 2. The van der Waals surface area contributed by atoms with Gasteiger partial charge in [0.25, 0.3) is 17.4 Å². The third kappa shape index (κ3) is 4.82. The maximum atomic E-state index is 13.5. The van der Waals surface area contributed by atoms with E-state index in [0.29, 0.717) is 28.4 Å². The summed E-state index contributed by atoms with van der Waals surface area (Å²) in [5.41, 5.74) is 1.37. The molecule has 7 nitrogen and oxygen atoms in total. The van der Waals surface area contributed by atoms with Gasteiger partial charge in [-0.15, -0.1) is 0 Å². The van der Waals surface area contributed by atoms with Crippen LogP contribution < -0.4 is 15.6 Å². The minimum Gasteiger partial charge on any atom is -0.496 e. The molecular weight excluding hydrogens is 461 g/mol. The summed E-state index contributed by atoms with van der Waals surface area (Å²) in [6, 6.07) is 14.0. The first kappa shape index (κ1) is 23.5. The van der Waals surface area contributed by atoms with Crippen LogP contribution in [-0.4, -0.2) is 41.5 Å². The minimum absolute atomic E-state index is 0.107. The Labute approximate surface area is 200 Å². The summed E-state index contributed by atoms with van der Waals surface area (Å²) in [5, 5.41) is 3.13. The summed E-state index contributed by atoms with van der Waals surface area (Å²) in [4.78, 5) is 40.6. The number of nitrogens with one attached hydrogen (secondary N) is 1. The summed E-state index contributed by atoms with van der Waals surface area (Å²) in [7, 11) is 1.39. The molecule has 0 bridgehead atoms. The van der Waals surface area contributed by atoms with E-state index in [-0.39, 0.29) is 48.8 Å². The van der Waals surface area contributed by atoms with Gasteiger partial charge in [-0.3, -0.25) is 14.4 Å². The van der Waals surface area contributed by atoms with Crippen molar-refractivity contribution >= 4 is 23.4 Å². The summed E-state index contributed by atoms with van der Waals surface area (Å²) in [5.74, 6) is -0.933. The second-order valence-corrected chi connectivity index (χ2v) is 8.27. The lowest BCUT2D eigenvalue weighted by Crippen LogP contribution is -2.34. The molecule has 1 aliphatic rings. The molecule has 9 heteroatoms. The van der Waals surface area contributed by atoms with E-state index in [9.17, 15) is 18.8 Å². The lowest BCUT2D eigenvalue weighted by atomic mass is 10.1. The molecule has 3 aromatic rings. The van der Waals surface area contributed by atoms with Crippen LogP contribution in [0.5, 0.6) is 5.75 Å². The molecule has 1 N–H and O–H groups in total. The highest BCUT2D eigenvalue weighted by Gasteiger charge is 2.27. The SMILES string of the molecule is COc1cc(=O)n2c(c1C(=O)NCc1cccc(F)c1)CCN(C(=O)c1ccccc1Cl)CC2. The second kappa shape index (κ2) is 10.1. The van der Waals surface area contributed by atoms with Gasteiger partial charge in [-0.2, -0.15) is 0 Å². The van der Waals surface area contributed by atoms with Crippen LogP contribution in [0.3, 0.4) is 0 Å². The number of methoxy groups -OCH3 is 1. The first-order valence-corrected chi connectivity index (χ1v) is 11.1. The Morgan fingerprint density at radius 2 is 1.88 bits per heavy atom. The number of pyridine rings is 1. The van der Waals surface area contributed by atoms with Gasteiger partial charge in [0.2, 0.25) is 0 Å². The fourth-order valence-electron chi connectivity index (χ4n) is 4.08. The van der Waals surface area contributed by atoms with Gasteiger partial charge in [0.1, 0.15) is 17.1 Å². The number of rotatable bonds is 5. The van der Waals surface area contributed by atoms with Gasteiger partial charge in [0.15, 0.2) is 0 Å². The van der Waals surface area contributed by atoms with E-state index in [4.69, 9.17) is 16.3 Å². The molecule has 0 fully saturated rings. The second-order valence-electron chi connectivity index (χ2n) is 7.86. The van der Waals surface area contributed by atoms with Crippen LogP contribution in [0.1, 0.15) is 32.0 Å². The van der Waals surface area contributed by atoms with E-state index in [1.54, 1.807) is 41.3 Å². The first-order chi connectivity index (χ1) is 16.4. The molecule has 2 amide bonds. The van der Waals surface area contributed by atoms with Crippen molar-refractivity contribution in [1.82, 2.24) is 14.8 Å². The number of ether oxygens (including phenoxy) is 1. The van der Waals surface area contributed by atoms with Gasteiger partial charge >= 0.3 is 0 Å². The average Bonchev–Trinajstić information content (AvgIpc) is 3.06. The quantitative estimate of drug-likeness (QED) is 0.604. The van der Waals surface area contributed by atoms with Crippen LogP contribution in [0.2, 0.25) is 5.02 Å². The van der Waals surface area contributed by atoms with Crippen molar-refractivity contribution in [2.24, 2.45) is 0 Å². The third-order valence-electron chi connectivity index (χ3n) is 5.77. The van der Waals surface area contributed by atoms with Crippen molar-refractivity contribution in [3.05, 3.63) is 98.2 Å².